The molecule has 2 aromatic carbocycles. The van der Waals surface area contributed by atoms with E-state index in [1.807, 2.05) is 41.9 Å². The van der Waals surface area contributed by atoms with Gasteiger partial charge in [0.1, 0.15) is 16.4 Å². The summed E-state index contributed by atoms with van der Waals surface area (Å²) in [5.74, 6) is 0.338. The summed E-state index contributed by atoms with van der Waals surface area (Å²) in [6.45, 7) is 0. The van der Waals surface area contributed by atoms with Crippen LogP contribution in [0.25, 0.3) is 10.6 Å². The Balaban J connectivity index is 2.09. The van der Waals surface area contributed by atoms with E-state index in [1.165, 1.54) is 25.6 Å². The molecule has 0 atom stereocenters. The van der Waals surface area contributed by atoms with E-state index in [1.54, 1.807) is 12.1 Å². The highest BCUT2D eigenvalue weighted by Crippen LogP contribution is 2.38. The number of aromatic hydroxyl groups is 1. The first kappa shape index (κ1) is 17.5. The fourth-order valence-electron chi connectivity index (χ4n) is 2.45. The Kier molecular flexibility index (Phi) is 5.15. The predicted octanol–water partition coefficient (Wildman–Crippen LogP) is 3.85. The van der Waals surface area contributed by atoms with Gasteiger partial charge in [-0.1, -0.05) is 30.3 Å². The number of methoxy groups -OCH3 is 2. The molecule has 26 heavy (non-hydrogen) atoms. The Labute approximate surface area is 154 Å². The minimum Gasteiger partial charge on any atom is -0.502 e. The van der Waals surface area contributed by atoms with Crippen molar-refractivity contribution in [3.63, 3.8) is 0 Å². The van der Waals surface area contributed by atoms with Crippen molar-refractivity contribution < 1.29 is 14.6 Å². The van der Waals surface area contributed by atoms with Crippen molar-refractivity contribution in [1.29, 1.82) is 5.26 Å². The number of phenolic OH excluding ortho intramolecular Hbond substituents is 1. The fraction of sp³-hybridized carbons (Fsp3) is 0.105. The third-order valence-corrected chi connectivity index (χ3v) is 4.57. The van der Waals surface area contributed by atoms with Crippen molar-refractivity contribution in [3.05, 3.63) is 59.1 Å². The lowest BCUT2D eigenvalue weighted by Crippen LogP contribution is -2.05. The minimum atomic E-state index is -0.113. The Morgan fingerprint density at radius 2 is 1.81 bits per heavy atom. The van der Waals surface area contributed by atoms with Crippen LogP contribution in [-0.4, -0.2) is 30.0 Å². The summed E-state index contributed by atoms with van der Waals surface area (Å²) < 4.78 is 10.4. The molecule has 3 rings (SSSR count). The molecule has 0 aliphatic rings. The van der Waals surface area contributed by atoms with Crippen LogP contribution in [0.5, 0.6) is 17.2 Å². The molecule has 6 nitrogen and oxygen atoms in total. The molecule has 0 saturated heterocycles. The number of thiazole rings is 1. The number of nitrogens with zero attached hydrogens (tertiary/aromatic N) is 3. The first-order chi connectivity index (χ1) is 12.7. The van der Waals surface area contributed by atoms with Gasteiger partial charge in [0, 0.05) is 16.5 Å². The number of hydrogen-bond acceptors (Lipinski definition) is 7. The molecule has 0 spiro atoms. The maximum absolute atomic E-state index is 10.1. The maximum atomic E-state index is 10.1. The number of nitriles is 1. The molecule has 0 radical (unpaired) electrons. The topological polar surface area (TPSA) is 87.7 Å². The van der Waals surface area contributed by atoms with Crippen molar-refractivity contribution in [2.45, 2.75) is 0 Å². The van der Waals surface area contributed by atoms with E-state index in [-0.39, 0.29) is 17.2 Å². The molecule has 1 aromatic heterocycles. The number of aromatic nitrogens is 1. The van der Waals surface area contributed by atoms with Crippen LogP contribution in [0.3, 0.4) is 0 Å². The zero-order chi connectivity index (χ0) is 18.5. The van der Waals surface area contributed by atoms with E-state index in [0.717, 1.165) is 10.6 Å². The van der Waals surface area contributed by atoms with Gasteiger partial charge in [0.2, 0.25) is 11.9 Å². The summed E-state index contributed by atoms with van der Waals surface area (Å²) in [5.41, 5.74) is 2.48. The molecule has 7 heteroatoms. The molecule has 0 amide bonds. The quantitative estimate of drug-likeness (QED) is 0.548. The molecule has 0 aliphatic heterocycles. The molecule has 0 fully saturated rings. The van der Waals surface area contributed by atoms with Crippen LogP contribution in [0.1, 0.15) is 11.3 Å². The monoisotopic (exact) mass is 365 g/mol. The van der Waals surface area contributed by atoms with Crippen molar-refractivity contribution in [3.8, 4) is 34.0 Å². The van der Waals surface area contributed by atoms with Gasteiger partial charge in [0.05, 0.1) is 14.2 Å². The number of benzene rings is 2. The van der Waals surface area contributed by atoms with Crippen LogP contribution in [0.2, 0.25) is 0 Å². The largest absolute Gasteiger partial charge is 0.502 e. The molecular formula is C19H15N3O3S. The van der Waals surface area contributed by atoms with Crippen LogP contribution in [-0.2, 0) is 0 Å². The van der Waals surface area contributed by atoms with Crippen molar-refractivity contribution in [2.24, 2.45) is 4.99 Å². The summed E-state index contributed by atoms with van der Waals surface area (Å²) in [7, 11) is 2.88. The summed E-state index contributed by atoms with van der Waals surface area (Å²) in [5, 5.41) is 21.9. The highest BCUT2D eigenvalue weighted by atomic mass is 32.1. The number of hydrogen-bond donors (Lipinski definition) is 1. The van der Waals surface area contributed by atoms with Crippen molar-refractivity contribution >= 4 is 17.0 Å². The van der Waals surface area contributed by atoms with Gasteiger partial charge in [-0.15, -0.1) is 11.3 Å². The Bertz CT molecular complexity index is 966. The normalized spacial score (nSPS) is 11.0. The highest BCUT2D eigenvalue weighted by Gasteiger charge is 2.18. The van der Waals surface area contributed by atoms with Crippen LogP contribution < -0.4 is 9.47 Å². The second kappa shape index (κ2) is 7.68. The number of rotatable bonds is 5. The summed E-state index contributed by atoms with van der Waals surface area (Å²) in [6, 6.07) is 12.9. The van der Waals surface area contributed by atoms with Crippen LogP contribution in [0.15, 0.2) is 52.8 Å². The van der Waals surface area contributed by atoms with E-state index in [9.17, 15) is 5.11 Å². The van der Waals surface area contributed by atoms with Crippen molar-refractivity contribution in [1.82, 2.24) is 4.98 Å². The maximum Gasteiger partial charge on any atom is 0.206 e. The Hall–Kier alpha value is -3.37. The highest BCUT2D eigenvalue weighted by molar-refractivity contribution is 7.13. The summed E-state index contributed by atoms with van der Waals surface area (Å²) in [6.07, 6.45) is 1.81. The van der Waals surface area contributed by atoms with Gasteiger partial charge >= 0.3 is 0 Å². The molecule has 1 heterocycles. The van der Waals surface area contributed by atoms with Crippen molar-refractivity contribution in [2.75, 3.05) is 14.2 Å². The molecule has 1 N–H and O–H groups in total. The van der Waals surface area contributed by atoms with Gasteiger partial charge in [-0.3, -0.25) is 0 Å². The summed E-state index contributed by atoms with van der Waals surface area (Å²) in [4.78, 5) is 8.53. The predicted molar refractivity (Wildman–Crippen MR) is 100 cm³/mol. The molecular weight excluding hydrogens is 350 g/mol. The molecule has 0 bridgehead atoms. The number of phenols is 1. The van der Waals surface area contributed by atoms with Crippen LogP contribution in [0.4, 0.5) is 0 Å². The lowest BCUT2D eigenvalue weighted by Gasteiger charge is -2.11. The van der Waals surface area contributed by atoms with Gasteiger partial charge in [-0.2, -0.15) is 10.3 Å². The molecule has 3 aromatic rings. The lowest BCUT2D eigenvalue weighted by molar-refractivity contribution is 0.340. The molecule has 0 aliphatic carbocycles. The van der Waals surface area contributed by atoms with Gasteiger partial charge < -0.3 is 14.6 Å². The Morgan fingerprint density at radius 3 is 2.38 bits per heavy atom. The average Bonchev–Trinajstić information content (AvgIpc) is 3.17. The first-order valence-electron chi connectivity index (χ1n) is 7.61. The van der Waals surface area contributed by atoms with E-state index >= 15 is 0 Å². The van der Waals surface area contributed by atoms with Crippen LogP contribution >= 0.6 is 11.3 Å². The fourth-order valence-corrected chi connectivity index (χ4v) is 3.26. The molecule has 0 unspecified atom stereocenters. The smallest absolute Gasteiger partial charge is 0.206 e. The third-order valence-electron chi connectivity index (χ3n) is 3.68. The van der Waals surface area contributed by atoms with Gasteiger partial charge in [0.25, 0.3) is 0 Å². The van der Waals surface area contributed by atoms with Gasteiger partial charge in [0.15, 0.2) is 11.5 Å². The second-order valence-electron chi connectivity index (χ2n) is 5.19. The lowest BCUT2D eigenvalue weighted by atomic mass is 10.1. The number of aliphatic imine (C=N–C) groups is 1. The average molecular weight is 365 g/mol. The van der Waals surface area contributed by atoms with Crippen LogP contribution in [0, 0.1) is 11.5 Å². The zero-order valence-corrected chi connectivity index (χ0v) is 14.9. The standard InChI is InChI=1S/C19H15N3O3S/c1-24-15-8-13(9-16(25-2)18(15)23)17(21-11-20)14-10-26-19(22-14)12-6-4-3-5-7-12/h3-10,23H,1-2H3. The van der Waals surface area contributed by atoms with E-state index < -0.39 is 0 Å². The minimum absolute atomic E-state index is 0.113. The van der Waals surface area contributed by atoms with E-state index in [2.05, 4.69) is 9.98 Å². The third kappa shape index (κ3) is 3.36. The zero-order valence-electron chi connectivity index (χ0n) is 14.1. The second-order valence-corrected chi connectivity index (χ2v) is 6.05. The molecule has 130 valence electrons. The van der Waals surface area contributed by atoms with E-state index in [4.69, 9.17) is 14.7 Å². The SMILES string of the molecule is COc1cc(C(=NC#N)c2csc(-c3ccccc3)n2)cc(OC)c1O. The van der Waals surface area contributed by atoms with Gasteiger partial charge in [-0.05, 0) is 12.1 Å². The Morgan fingerprint density at radius 1 is 1.15 bits per heavy atom. The van der Waals surface area contributed by atoms with Gasteiger partial charge in [-0.25, -0.2) is 4.98 Å². The first-order valence-corrected chi connectivity index (χ1v) is 8.49. The van der Waals surface area contributed by atoms with E-state index in [0.29, 0.717) is 17.0 Å². The number of ether oxygens (including phenoxy) is 2. The molecule has 0 saturated carbocycles. The summed E-state index contributed by atoms with van der Waals surface area (Å²) >= 11 is 1.46.